The minimum absolute atomic E-state index is 0.00242. The van der Waals surface area contributed by atoms with Crippen molar-refractivity contribution in [1.29, 1.82) is 0 Å². The van der Waals surface area contributed by atoms with E-state index in [0.29, 0.717) is 5.56 Å². The van der Waals surface area contributed by atoms with Gasteiger partial charge in [0.25, 0.3) is 10.0 Å². The van der Waals surface area contributed by atoms with Gasteiger partial charge in [0.2, 0.25) is 5.91 Å². The van der Waals surface area contributed by atoms with Crippen LogP contribution in [-0.2, 0) is 10.0 Å². The molecule has 0 saturated carbocycles. The Hall–Kier alpha value is -2.61. The largest absolute Gasteiger partial charge is 0.495 e. The molecule has 0 bridgehead atoms. The molecule has 23 heavy (non-hydrogen) atoms. The molecule has 3 N–H and O–H groups in total. The first-order valence-corrected chi connectivity index (χ1v) is 8.00. The van der Waals surface area contributed by atoms with Gasteiger partial charge in [-0.25, -0.2) is 12.8 Å². The molecule has 2 rings (SSSR count). The molecule has 1 amide bonds. The van der Waals surface area contributed by atoms with Crippen LogP contribution in [0, 0.1) is 12.7 Å². The van der Waals surface area contributed by atoms with E-state index >= 15 is 0 Å². The van der Waals surface area contributed by atoms with Crippen LogP contribution in [0.1, 0.15) is 15.9 Å². The first-order valence-electron chi connectivity index (χ1n) is 6.52. The molecule has 0 radical (unpaired) electrons. The second kappa shape index (κ2) is 6.25. The molecule has 0 fully saturated rings. The van der Waals surface area contributed by atoms with Gasteiger partial charge in [-0.05, 0) is 42.8 Å². The highest BCUT2D eigenvalue weighted by Crippen LogP contribution is 2.28. The highest BCUT2D eigenvalue weighted by atomic mass is 32.2. The maximum absolute atomic E-state index is 13.4. The quantitative estimate of drug-likeness (QED) is 0.871. The highest BCUT2D eigenvalue weighted by molar-refractivity contribution is 7.92. The van der Waals surface area contributed by atoms with Crippen LogP contribution in [0.5, 0.6) is 5.75 Å². The van der Waals surface area contributed by atoms with E-state index in [1.165, 1.54) is 31.4 Å². The maximum Gasteiger partial charge on any atom is 0.265 e. The molecule has 0 atom stereocenters. The fourth-order valence-electron chi connectivity index (χ4n) is 2.07. The molecule has 122 valence electrons. The molecule has 0 unspecified atom stereocenters. The van der Waals surface area contributed by atoms with Gasteiger partial charge in [0, 0.05) is 5.56 Å². The second-order valence-corrected chi connectivity index (χ2v) is 6.39. The lowest BCUT2D eigenvalue weighted by Gasteiger charge is -2.14. The van der Waals surface area contributed by atoms with Crippen molar-refractivity contribution in [2.24, 2.45) is 5.73 Å². The Morgan fingerprint density at radius 1 is 1.26 bits per heavy atom. The Balaban J connectivity index is 2.50. The number of primary amides is 1. The van der Waals surface area contributed by atoms with Gasteiger partial charge in [0.1, 0.15) is 16.5 Å². The number of rotatable bonds is 5. The fraction of sp³-hybridized carbons (Fsp3) is 0.133. The van der Waals surface area contributed by atoms with Crippen molar-refractivity contribution in [2.75, 3.05) is 11.8 Å². The first kappa shape index (κ1) is 16.8. The number of carbonyl (C=O) groups excluding carboxylic acids is 1. The smallest absolute Gasteiger partial charge is 0.265 e. The molecule has 0 saturated heterocycles. The van der Waals surface area contributed by atoms with Gasteiger partial charge in [-0.2, -0.15) is 0 Å². The van der Waals surface area contributed by atoms with Crippen molar-refractivity contribution in [3.05, 3.63) is 53.3 Å². The van der Waals surface area contributed by atoms with Crippen molar-refractivity contribution in [3.63, 3.8) is 0 Å². The summed E-state index contributed by atoms with van der Waals surface area (Å²) in [5, 5.41) is 0. The van der Waals surface area contributed by atoms with Crippen molar-refractivity contribution in [3.8, 4) is 5.75 Å². The third-order valence-electron chi connectivity index (χ3n) is 3.26. The fourth-order valence-corrected chi connectivity index (χ4v) is 3.38. The lowest BCUT2D eigenvalue weighted by atomic mass is 10.1. The Kier molecular flexibility index (Phi) is 4.55. The van der Waals surface area contributed by atoms with Gasteiger partial charge in [-0.1, -0.05) is 6.07 Å². The van der Waals surface area contributed by atoms with E-state index in [2.05, 4.69) is 4.72 Å². The molecule has 0 aliphatic carbocycles. The number of carbonyl (C=O) groups is 1. The summed E-state index contributed by atoms with van der Waals surface area (Å²) in [5.41, 5.74) is 5.98. The molecule has 0 spiro atoms. The van der Waals surface area contributed by atoms with Gasteiger partial charge in [-0.15, -0.1) is 0 Å². The number of ether oxygens (including phenoxy) is 1. The Labute approximate surface area is 133 Å². The lowest BCUT2D eigenvalue weighted by Crippen LogP contribution is -2.18. The highest BCUT2D eigenvalue weighted by Gasteiger charge is 2.22. The van der Waals surface area contributed by atoms with Crippen LogP contribution in [-0.4, -0.2) is 21.4 Å². The zero-order valence-corrected chi connectivity index (χ0v) is 13.3. The first-order chi connectivity index (χ1) is 10.8. The van der Waals surface area contributed by atoms with E-state index in [-0.39, 0.29) is 21.9 Å². The van der Waals surface area contributed by atoms with Gasteiger partial charge in [0.15, 0.2) is 0 Å². The number of benzene rings is 2. The predicted molar refractivity (Wildman–Crippen MR) is 83.5 cm³/mol. The summed E-state index contributed by atoms with van der Waals surface area (Å²) >= 11 is 0. The van der Waals surface area contributed by atoms with Gasteiger partial charge in [0.05, 0.1) is 12.8 Å². The summed E-state index contributed by atoms with van der Waals surface area (Å²) < 4.78 is 45.7. The molecule has 8 heteroatoms. The van der Waals surface area contributed by atoms with Gasteiger partial charge < -0.3 is 10.5 Å². The average molecular weight is 338 g/mol. The molecular formula is C15H15FN2O4S. The second-order valence-electron chi connectivity index (χ2n) is 4.74. The van der Waals surface area contributed by atoms with E-state index in [4.69, 9.17) is 10.5 Å². The van der Waals surface area contributed by atoms with E-state index in [0.717, 1.165) is 12.1 Å². The van der Waals surface area contributed by atoms with Gasteiger partial charge >= 0.3 is 0 Å². The van der Waals surface area contributed by atoms with Gasteiger partial charge in [-0.3, -0.25) is 9.52 Å². The molecule has 0 aromatic heterocycles. The maximum atomic E-state index is 13.4. The number of methoxy groups -OCH3 is 1. The van der Waals surface area contributed by atoms with Crippen LogP contribution < -0.4 is 15.2 Å². The molecule has 6 nitrogen and oxygen atoms in total. The number of sulfonamides is 1. The van der Waals surface area contributed by atoms with Crippen molar-refractivity contribution in [2.45, 2.75) is 11.8 Å². The number of anilines is 1. The predicted octanol–water partition coefficient (Wildman–Crippen LogP) is 2.04. The number of nitrogens with two attached hydrogens (primary N) is 1. The van der Waals surface area contributed by atoms with Crippen molar-refractivity contribution < 1.29 is 22.3 Å². The Morgan fingerprint density at radius 3 is 2.57 bits per heavy atom. The molecule has 0 heterocycles. The lowest BCUT2D eigenvalue weighted by molar-refractivity contribution is 0.0999. The number of hydrogen-bond acceptors (Lipinski definition) is 4. The van der Waals surface area contributed by atoms with Crippen molar-refractivity contribution in [1.82, 2.24) is 0 Å². The molecule has 2 aromatic rings. The third-order valence-corrected chi connectivity index (χ3v) is 4.65. The number of nitrogens with one attached hydrogen (secondary N) is 1. The van der Waals surface area contributed by atoms with E-state index in [1.807, 2.05) is 0 Å². The normalized spacial score (nSPS) is 11.1. The molecule has 0 aliphatic rings. The average Bonchev–Trinajstić information content (AvgIpc) is 2.49. The standard InChI is InChI=1S/C15H15FN2O4S/c1-9-11(15(17)19)4-3-5-12(9)18-23(20,21)14-8-10(16)6-7-13(14)22-2/h3-8,18H,1-2H3,(H2,17,19). The van der Waals surface area contributed by atoms with Crippen LogP contribution in [0.2, 0.25) is 0 Å². The van der Waals surface area contributed by atoms with Crippen LogP contribution in [0.3, 0.4) is 0 Å². The minimum Gasteiger partial charge on any atom is -0.495 e. The van der Waals surface area contributed by atoms with Crippen LogP contribution in [0.4, 0.5) is 10.1 Å². The Bertz CT molecular complexity index is 866. The van der Waals surface area contributed by atoms with Crippen molar-refractivity contribution >= 4 is 21.6 Å². The topological polar surface area (TPSA) is 98.5 Å². The summed E-state index contributed by atoms with van der Waals surface area (Å²) in [7, 11) is -2.83. The van der Waals surface area contributed by atoms with E-state index in [9.17, 15) is 17.6 Å². The number of amides is 1. The summed E-state index contributed by atoms with van der Waals surface area (Å²) in [6, 6.07) is 7.62. The minimum atomic E-state index is -4.11. The summed E-state index contributed by atoms with van der Waals surface area (Å²) in [4.78, 5) is 11.0. The zero-order chi connectivity index (χ0) is 17.2. The summed E-state index contributed by atoms with van der Waals surface area (Å²) in [6.07, 6.45) is 0. The zero-order valence-electron chi connectivity index (χ0n) is 12.5. The Morgan fingerprint density at radius 2 is 1.96 bits per heavy atom. The molecule has 0 aliphatic heterocycles. The molecular weight excluding hydrogens is 323 g/mol. The van der Waals surface area contributed by atoms with Crippen LogP contribution in [0.25, 0.3) is 0 Å². The summed E-state index contributed by atoms with van der Waals surface area (Å²) in [6.45, 7) is 1.56. The van der Waals surface area contributed by atoms with E-state index in [1.54, 1.807) is 6.92 Å². The van der Waals surface area contributed by atoms with Crippen LogP contribution >= 0.6 is 0 Å². The SMILES string of the molecule is COc1ccc(F)cc1S(=O)(=O)Nc1cccc(C(N)=O)c1C. The van der Waals surface area contributed by atoms with E-state index < -0.39 is 21.7 Å². The number of halogens is 1. The third kappa shape index (κ3) is 3.42. The van der Waals surface area contributed by atoms with Crippen LogP contribution in [0.15, 0.2) is 41.3 Å². The molecule has 2 aromatic carbocycles. The number of hydrogen-bond donors (Lipinski definition) is 2. The monoisotopic (exact) mass is 338 g/mol. The summed E-state index contributed by atoms with van der Waals surface area (Å²) in [5.74, 6) is -1.39.